The van der Waals surface area contributed by atoms with Crippen LogP contribution >= 0.6 is 11.3 Å². The molecule has 2 aromatic rings. The molecule has 0 unspecified atom stereocenters. The van der Waals surface area contributed by atoms with Crippen molar-refractivity contribution in [3.63, 3.8) is 0 Å². The molecule has 1 heterocycles. The van der Waals surface area contributed by atoms with Crippen LogP contribution in [0.1, 0.15) is 20.8 Å². The van der Waals surface area contributed by atoms with Crippen LogP contribution in [0.4, 0.5) is 11.4 Å². The fourth-order valence-corrected chi connectivity index (χ4v) is 2.82. The fraction of sp³-hybridized carbons (Fsp3) is 0.267. The van der Waals surface area contributed by atoms with E-state index in [0.29, 0.717) is 11.4 Å². The van der Waals surface area contributed by atoms with Crippen molar-refractivity contribution in [2.45, 2.75) is 13.5 Å². The minimum absolute atomic E-state index is 0.400. The number of benzene rings is 1. The Morgan fingerprint density at radius 3 is 2.75 bits per heavy atom. The molecule has 0 aliphatic rings. The molecule has 5 heteroatoms. The van der Waals surface area contributed by atoms with Gasteiger partial charge in [0.1, 0.15) is 4.88 Å². The smallest absolute Gasteiger partial charge is 0.346 e. The number of nitrogens with zero attached hydrogens (tertiary/aromatic N) is 1. The summed E-state index contributed by atoms with van der Waals surface area (Å²) in [5.41, 5.74) is 4.16. The zero-order chi connectivity index (χ0) is 14.7. The number of aromatic carboxylic acids is 1. The number of hydrogen-bond acceptors (Lipinski definition) is 4. The van der Waals surface area contributed by atoms with Crippen LogP contribution < -0.4 is 10.2 Å². The molecule has 1 aromatic carbocycles. The average molecular weight is 290 g/mol. The molecule has 0 aliphatic heterocycles. The Labute approximate surface area is 122 Å². The second-order valence-electron chi connectivity index (χ2n) is 4.83. The zero-order valence-electron chi connectivity index (χ0n) is 11.8. The van der Waals surface area contributed by atoms with Crippen molar-refractivity contribution >= 4 is 28.7 Å². The maximum absolute atomic E-state index is 11.1. The molecule has 1 aromatic heterocycles. The highest BCUT2D eigenvalue weighted by molar-refractivity contribution is 7.12. The molecule has 0 aliphatic carbocycles. The lowest BCUT2D eigenvalue weighted by Crippen LogP contribution is -2.11. The molecule has 0 bridgehead atoms. The van der Waals surface area contributed by atoms with Crippen LogP contribution in [0.5, 0.6) is 0 Å². The standard InChI is InChI=1S/C15H18N2O2S/c1-10-4-5-12(8-13(10)17(2)3)16-9-11-6-7-20-14(11)15(18)19/h4-8,16H,9H2,1-3H3,(H,18,19). The van der Waals surface area contributed by atoms with E-state index in [-0.39, 0.29) is 0 Å². The van der Waals surface area contributed by atoms with Gasteiger partial charge in [0.05, 0.1) is 0 Å². The van der Waals surface area contributed by atoms with Crippen LogP contribution in [0.15, 0.2) is 29.6 Å². The van der Waals surface area contributed by atoms with Crippen LogP contribution in [0.3, 0.4) is 0 Å². The Kier molecular flexibility index (Phi) is 4.29. The lowest BCUT2D eigenvalue weighted by Gasteiger charge is -2.17. The van der Waals surface area contributed by atoms with Gasteiger partial charge in [0, 0.05) is 32.0 Å². The predicted octanol–water partition coefficient (Wildman–Crippen LogP) is 3.43. The first kappa shape index (κ1) is 14.4. The second-order valence-corrected chi connectivity index (χ2v) is 5.75. The molecule has 2 rings (SSSR count). The molecule has 4 nitrogen and oxygen atoms in total. The van der Waals surface area contributed by atoms with Crippen molar-refractivity contribution in [1.29, 1.82) is 0 Å². The molecule has 0 saturated heterocycles. The summed E-state index contributed by atoms with van der Waals surface area (Å²) in [5, 5.41) is 14.2. The number of hydrogen-bond donors (Lipinski definition) is 2. The minimum Gasteiger partial charge on any atom is -0.477 e. The maximum Gasteiger partial charge on any atom is 0.346 e. The summed E-state index contributed by atoms with van der Waals surface area (Å²) >= 11 is 1.26. The highest BCUT2D eigenvalue weighted by Crippen LogP contribution is 2.24. The number of carboxylic acids is 1. The van der Waals surface area contributed by atoms with Gasteiger partial charge in [-0.15, -0.1) is 11.3 Å². The second kappa shape index (κ2) is 5.96. The van der Waals surface area contributed by atoms with Gasteiger partial charge >= 0.3 is 5.97 Å². The SMILES string of the molecule is Cc1ccc(NCc2ccsc2C(=O)O)cc1N(C)C. The number of carbonyl (C=O) groups is 1. The third kappa shape index (κ3) is 3.11. The number of carboxylic acid groups (broad SMARTS) is 1. The first-order valence-electron chi connectivity index (χ1n) is 6.30. The van der Waals surface area contributed by atoms with E-state index in [2.05, 4.69) is 29.3 Å². The molecule has 0 radical (unpaired) electrons. The summed E-state index contributed by atoms with van der Waals surface area (Å²) < 4.78 is 0. The van der Waals surface area contributed by atoms with Crippen molar-refractivity contribution in [3.05, 3.63) is 45.6 Å². The van der Waals surface area contributed by atoms with Gasteiger partial charge in [-0.05, 0) is 41.6 Å². The number of nitrogens with one attached hydrogen (secondary N) is 1. The van der Waals surface area contributed by atoms with Crippen LogP contribution in [0.25, 0.3) is 0 Å². The van der Waals surface area contributed by atoms with Crippen LogP contribution in [0, 0.1) is 6.92 Å². The molecule has 0 fully saturated rings. The van der Waals surface area contributed by atoms with E-state index in [4.69, 9.17) is 5.11 Å². The summed E-state index contributed by atoms with van der Waals surface area (Å²) in [6, 6.07) is 7.99. The number of rotatable bonds is 5. The van der Waals surface area contributed by atoms with Gasteiger partial charge < -0.3 is 15.3 Å². The van der Waals surface area contributed by atoms with Gasteiger partial charge in [-0.3, -0.25) is 0 Å². The van der Waals surface area contributed by atoms with Crippen molar-refractivity contribution in [2.24, 2.45) is 0 Å². The lowest BCUT2D eigenvalue weighted by atomic mass is 10.1. The van der Waals surface area contributed by atoms with Crippen molar-refractivity contribution < 1.29 is 9.90 Å². The van der Waals surface area contributed by atoms with Gasteiger partial charge in [0.15, 0.2) is 0 Å². The monoisotopic (exact) mass is 290 g/mol. The quantitative estimate of drug-likeness (QED) is 0.886. The predicted molar refractivity (Wildman–Crippen MR) is 84.1 cm³/mol. The largest absolute Gasteiger partial charge is 0.477 e. The van der Waals surface area contributed by atoms with Crippen LogP contribution in [-0.2, 0) is 6.54 Å². The van der Waals surface area contributed by atoms with Gasteiger partial charge in [-0.25, -0.2) is 4.79 Å². The summed E-state index contributed by atoms with van der Waals surface area (Å²) in [6.07, 6.45) is 0. The average Bonchev–Trinajstić information content (AvgIpc) is 2.86. The molecular formula is C15H18N2O2S. The topological polar surface area (TPSA) is 52.6 Å². The van der Waals surface area contributed by atoms with Crippen LogP contribution in [-0.4, -0.2) is 25.2 Å². The highest BCUT2D eigenvalue weighted by atomic mass is 32.1. The van der Waals surface area contributed by atoms with E-state index in [1.54, 1.807) is 5.38 Å². The van der Waals surface area contributed by atoms with Crippen molar-refractivity contribution in [1.82, 2.24) is 0 Å². The van der Waals surface area contributed by atoms with Gasteiger partial charge in [0.25, 0.3) is 0 Å². The number of aryl methyl sites for hydroxylation is 1. The Bertz CT molecular complexity index is 620. The Morgan fingerprint density at radius 1 is 1.35 bits per heavy atom. The Balaban J connectivity index is 2.13. The van der Waals surface area contributed by atoms with Gasteiger partial charge in [-0.2, -0.15) is 0 Å². The summed E-state index contributed by atoms with van der Waals surface area (Å²) in [4.78, 5) is 13.5. The van der Waals surface area contributed by atoms with E-state index >= 15 is 0 Å². The molecule has 0 spiro atoms. The Morgan fingerprint density at radius 2 is 2.10 bits per heavy atom. The fourth-order valence-electron chi connectivity index (χ4n) is 2.06. The summed E-state index contributed by atoms with van der Waals surface area (Å²) in [6.45, 7) is 2.58. The molecule has 2 N–H and O–H groups in total. The van der Waals surface area contributed by atoms with E-state index in [1.165, 1.54) is 16.9 Å². The first-order valence-corrected chi connectivity index (χ1v) is 7.18. The maximum atomic E-state index is 11.1. The van der Waals surface area contributed by atoms with Gasteiger partial charge in [-0.1, -0.05) is 6.07 Å². The molecule has 0 saturated carbocycles. The lowest BCUT2D eigenvalue weighted by molar-refractivity contribution is 0.0701. The highest BCUT2D eigenvalue weighted by Gasteiger charge is 2.11. The van der Waals surface area contributed by atoms with Crippen molar-refractivity contribution in [2.75, 3.05) is 24.3 Å². The number of thiophene rings is 1. The molecular weight excluding hydrogens is 272 g/mol. The van der Waals surface area contributed by atoms with E-state index in [9.17, 15) is 4.79 Å². The summed E-state index contributed by atoms with van der Waals surface area (Å²) in [5.74, 6) is -0.866. The Hall–Kier alpha value is -2.01. The molecule has 20 heavy (non-hydrogen) atoms. The van der Waals surface area contributed by atoms with Gasteiger partial charge in [0.2, 0.25) is 0 Å². The van der Waals surface area contributed by atoms with Crippen molar-refractivity contribution in [3.8, 4) is 0 Å². The molecule has 0 amide bonds. The third-order valence-corrected chi connectivity index (χ3v) is 4.06. The zero-order valence-corrected chi connectivity index (χ0v) is 12.6. The first-order chi connectivity index (χ1) is 9.49. The van der Waals surface area contributed by atoms with E-state index < -0.39 is 5.97 Å². The number of anilines is 2. The summed E-state index contributed by atoms with van der Waals surface area (Å²) in [7, 11) is 4.01. The third-order valence-electron chi connectivity index (χ3n) is 3.11. The normalized spacial score (nSPS) is 10.3. The van der Waals surface area contributed by atoms with E-state index in [1.807, 2.05) is 26.2 Å². The van der Waals surface area contributed by atoms with E-state index in [0.717, 1.165) is 16.9 Å². The molecule has 0 atom stereocenters. The molecule has 106 valence electrons. The minimum atomic E-state index is -0.866. The van der Waals surface area contributed by atoms with Crippen LogP contribution in [0.2, 0.25) is 0 Å².